The third-order valence-electron chi connectivity index (χ3n) is 4.62. The van der Waals surface area contributed by atoms with Gasteiger partial charge in [-0.2, -0.15) is 0 Å². The second kappa shape index (κ2) is 9.00. The largest absolute Gasteiger partial charge is 0.478 e. The van der Waals surface area contributed by atoms with Gasteiger partial charge in [0.25, 0.3) is 11.1 Å². The number of carboxylic acid groups (broad SMARTS) is 1. The molecule has 1 saturated heterocycles. The second-order valence-corrected chi connectivity index (χ2v) is 8.13. The van der Waals surface area contributed by atoms with Crippen molar-refractivity contribution < 1.29 is 37.9 Å². The van der Waals surface area contributed by atoms with Crippen molar-refractivity contribution in [2.45, 2.75) is 6.54 Å². The molecule has 1 aliphatic heterocycles. The number of carbonyl (C=O) groups excluding carboxylic acids is 3. The standard InChI is InChI=1S/C22H14ClNO8S/c1-30-21(28)17-7-4-13(32-17)10-24-19(25)18(33-22(24)29)9-12-3-6-16(31-12)11-2-5-15(23)14(8-11)20(26)27/h2-9H,10H2,1H3,(H,26,27)/b18-9-. The van der Waals surface area contributed by atoms with Crippen molar-refractivity contribution in [1.29, 1.82) is 0 Å². The molecule has 168 valence electrons. The Kier molecular flexibility index (Phi) is 6.12. The Bertz CT molecular complexity index is 1320. The molecule has 1 fully saturated rings. The zero-order valence-corrected chi connectivity index (χ0v) is 18.4. The maximum absolute atomic E-state index is 12.7. The number of aromatic carboxylic acids is 1. The summed E-state index contributed by atoms with van der Waals surface area (Å²) in [6.07, 6.45) is 1.42. The molecule has 0 bridgehead atoms. The summed E-state index contributed by atoms with van der Waals surface area (Å²) in [5, 5.41) is 8.82. The Morgan fingerprint density at radius 3 is 2.67 bits per heavy atom. The number of benzene rings is 1. The topological polar surface area (TPSA) is 127 Å². The molecule has 4 rings (SSSR count). The Morgan fingerprint density at radius 1 is 1.15 bits per heavy atom. The molecule has 0 atom stereocenters. The van der Waals surface area contributed by atoms with Crippen LogP contribution < -0.4 is 0 Å². The van der Waals surface area contributed by atoms with E-state index in [0.717, 1.165) is 16.7 Å². The van der Waals surface area contributed by atoms with Crippen molar-refractivity contribution >= 4 is 52.5 Å². The average molecular weight is 488 g/mol. The molecule has 1 N–H and O–H groups in total. The van der Waals surface area contributed by atoms with Gasteiger partial charge in [-0.3, -0.25) is 14.5 Å². The third kappa shape index (κ3) is 4.57. The van der Waals surface area contributed by atoms with Crippen LogP contribution in [0.3, 0.4) is 0 Å². The predicted molar refractivity (Wildman–Crippen MR) is 118 cm³/mol. The third-order valence-corrected chi connectivity index (χ3v) is 5.85. The van der Waals surface area contributed by atoms with Gasteiger partial charge in [-0.15, -0.1) is 0 Å². The van der Waals surface area contributed by atoms with E-state index in [4.69, 9.17) is 20.4 Å². The molecule has 0 radical (unpaired) electrons. The van der Waals surface area contributed by atoms with Crippen LogP contribution >= 0.6 is 23.4 Å². The number of furan rings is 2. The van der Waals surface area contributed by atoms with E-state index in [9.17, 15) is 24.3 Å². The monoisotopic (exact) mass is 487 g/mol. The zero-order chi connectivity index (χ0) is 23.7. The minimum atomic E-state index is -1.17. The van der Waals surface area contributed by atoms with Crippen molar-refractivity contribution in [3.63, 3.8) is 0 Å². The number of halogens is 1. The van der Waals surface area contributed by atoms with Gasteiger partial charge in [-0.25, -0.2) is 9.59 Å². The van der Waals surface area contributed by atoms with Crippen LogP contribution in [-0.2, 0) is 16.1 Å². The van der Waals surface area contributed by atoms with Crippen LogP contribution in [0.4, 0.5) is 4.79 Å². The molecule has 0 unspecified atom stereocenters. The van der Waals surface area contributed by atoms with Crippen LogP contribution in [-0.4, -0.2) is 40.2 Å². The first-order chi connectivity index (χ1) is 15.8. The lowest BCUT2D eigenvalue weighted by molar-refractivity contribution is -0.123. The molecule has 1 aromatic carbocycles. The molecule has 0 aliphatic carbocycles. The molecule has 2 amide bonds. The van der Waals surface area contributed by atoms with Crippen LogP contribution in [0.5, 0.6) is 0 Å². The van der Waals surface area contributed by atoms with Crippen LogP contribution in [0.25, 0.3) is 17.4 Å². The summed E-state index contributed by atoms with van der Waals surface area (Å²) in [4.78, 5) is 49.0. The predicted octanol–water partition coefficient (Wildman–Crippen LogP) is 4.91. The smallest absolute Gasteiger partial charge is 0.373 e. The number of amides is 2. The number of methoxy groups -OCH3 is 1. The van der Waals surface area contributed by atoms with Gasteiger partial charge in [0.05, 0.1) is 29.1 Å². The first-order valence-corrected chi connectivity index (χ1v) is 10.5. The molecular weight excluding hydrogens is 474 g/mol. The minimum Gasteiger partial charge on any atom is -0.478 e. The quantitative estimate of drug-likeness (QED) is 0.380. The van der Waals surface area contributed by atoms with Crippen molar-refractivity contribution in [3.05, 3.63) is 75.2 Å². The van der Waals surface area contributed by atoms with Gasteiger partial charge in [-0.1, -0.05) is 11.6 Å². The Morgan fingerprint density at radius 2 is 1.94 bits per heavy atom. The van der Waals surface area contributed by atoms with Crippen molar-refractivity contribution in [2.24, 2.45) is 0 Å². The lowest BCUT2D eigenvalue weighted by atomic mass is 10.1. The summed E-state index contributed by atoms with van der Waals surface area (Å²) in [5.41, 5.74) is 0.422. The Balaban J connectivity index is 1.52. The fraction of sp³-hybridized carbons (Fsp3) is 0.0909. The number of hydrogen-bond donors (Lipinski definition) is 1. The number of carbonyl (C=O) groups is 4. The summed E-state index contributed by atoms with van der Waals surface area (Å²) in [6.45, 7) is -0.148. The normalized spacial score (nSPS) is 14.8. The number of carboxylic acids is 1. The molecule has 3 heterocycles. The first-order valence-electron chi connectivity index (χ1n) is 9.32. The summed E-state index contributed by atoms with van der Waals surface area (Å²) >= 11 is 6.63. The van der Waals surface area contributed by atoms with Crippen molar-refractivity contribution in [1.82, 2.24) is 4.90 Å². The highest BCUT2D eigenvalue weighted by atomic mass is 35.5. The van der Waals surface area contributed by atoms with Crippen LogP contribution in [0.1, 0.15) is 32.4 Å². The molecule has 1 aliphatic rings. The van der Waals surface area contributed by atoms with Gasteiger partial charge >= 0.3 is 11.9 Å². The van der Waals surface area contributed by atoms with Gasteiger partial charge in [0.15, 0.2) is 0 Å². The number of imide groups is 1. The van der Waals surface area contributed by atoms with Crippen molar-refractivity contribution in [3.8, 4) is 11.3 Å². The zero-order valence-electron chi connectivity index (χ0n) is 16.9. The van der Waals surface area contributed by atoms with E-state index < -0.39 is 23.1 Å². The molecule has 11 heteroatoms. The Labute approximate surface area is 195 Å². The van der Waals surface area contributed by atoms with E-state index in [1.165, 1.54) is 37.5 Å². The van der Waals surface area contributed by atoms with Gasteiger partial charge < -0.3 is 18.7 Å². The number of hydrogen-bond acceptors (Lipinski definition) is 8. The number of ether oxygens (including phenoxy) is 1. The number of nitrogens with zero attached hydrogens (tertiary/aromatic N) is 1. The van der Waals surface area contributed by atoms with E-state index in [2.05, 4.69) is 4.74 Å². The van der Waals surface area contributed by atoms with Gasteiger partial charge in [-0.05, 0) is 54.2 Å². The van der Waals surface area contributed by atoms with E-state index in [1.807, 2.05) is 0 Å². The highest BCUT2D eigenvalue weighted by Crippen LogP contribution is 2.35. The molecule has 33 heavy (non-hydrogen) atoms. The van der Waals surface area contributed by atoms with E-state index in [0.29, 0.717) is 17.1 Å². The first kappa shape index (κ1) is 22.4. The molecule has 2 aromatic heterocycles. The van der Waals surface area contributed by atoms with Gasteiger partial charge in [0, 0.05) is 11.6 Å². The number of thioether (sulfide) groups is 1. The van der Waals surface area contributed by atoms with Gasteiger partial charge in [0.2, 0.25) is 5.76 Å². The SMILES string of the molecule is COC(=O)c1ccc(CN2C(=O)S/C(=C\c3ccc(-c4ccc(Cl)c(C(=O)O)c4)o3)C2=O)o1. The van der Waals surface area contributed by atoms with Crippen molar-refractivity contribution in [2.75, 3.05) is 7.11 Å². The molecule has 0 spiro atoms. The Hall–Kier alpha value is -3.76. The van der Waals surface area contributed by atoms with E-state index in [1.54, 1.807) is 18.2 Å². The fourth-order valence-electron chi connectivity index (χ4n) is 3.02. The maximum atomic E-state index is 12.7. The van der Waals surface area contributed by atoms with Crippen LogP contribution in [0, 0.1) is 0 Å². The second-order valence-electron chi connectivity index (χ2n) is 6.73. The molecule has 9 nitrogen and oxygen atoms in total. The fourth-order valence-corrected chi connectivity index (χ4v) is 4.04. The maximum Gasteiger partial charge on any atom is 0.373 e. The lowest BCUT2D eigenvalue weighted by Crippen LogP contribution is -2.27. The minimum absolute atomic E-state index is 0.0358. The lowest BCUT2D eigenvalue weighted by Gasteiger charge is -2.09. The summed E-state index contributed by atoms with van der Waals surface area (Å²) in [5.74, 6) is -1.50. The van der Waals surface area contributed by atoms with E-state index >= 15 is 0 Å². The van der Waals surface area contributed by atoms with Crippen LogP contribution in [0.15, 0.2) is 56.2 Å². The molecule has 0 saturated carbocycles. The number of esters is 1. The van der Waals surface area contributed by atoms with Crippen LogP contribution in [0.2, 0.25) is 5.02 Å². The summed E-state index contributed by atoms with van der Waals surface area (Å²) in [6, 6.07) is 10.5. The summed E-state index contributed by atoms with van der Waals surface area (Å²) < 4.78 is 15.6. The molecule has 3 aromatic rings. The highest BCUT2D eigenvalue weighted by Gasteiger charge is 2.36. The number of rotatable bonds is 6. The van der Waals surface area contributed by atoms with E-state index in [-0.39, 0.29) is 33.6 Å². The average Bonchev–Trinajstić information content (AvgIpc) is 3.51. The highest BCUT2D eigenvalue weighted by molar-refractivity contribution is 8.18. The van der Waals surface area contributed by atoms with Gasteiger partial charge in [0.1, 0.15) is 17.3 Å². The summed E-state index contributed by atoms with van der Waals surface area (Å²) in [7, 11) is 1.21. The molecular formula is C22H14ClNO8S.